The number of rotatable bonds is 6. The van der Waals surface area contributed by atoms with Gasteiger partial charge in [0.1, 0.15) is 5.25 Å². The molecular formula is C18H24N4O3S. The third kappa shape index (κ3) is 3.86. The summed E-state index contributed by atoms with van der Waals surface area (Å²) in [5.41, 5.74) is 2.25. The molecule has 0 unspecified atom stereocenters. The number of carbonyl (C=O) groups excluding carboxylic acids is 1. The Morgan fingerprint density at radius 1 is 1.31 bits per heavy atom. The second-order valence-corrected chi connectivity index (χ2v) is 7.29. The van der Waals surface area contributed by atoms with Gasteiger partial charge in [-0.15, -0.1) is 10.2 Å². The monoisotopic (exact) mass is 376 g/mol. The number of hydrogen-bond donors (Lipinski definition) is 0. The fourth-order valence-electron chi connectivity index (χ4n) is 2.92. The van der Waals surface area contributed by atoms with Crippen LogP contribution >= 0.6 is 11.8 Å². The molecule has 3 rings (SSSR count). The van der Waals surface area contributed by atoms with Gasteiger partial charge in [-0.2, -0.15) is 0 Å². The van der Waals surface area contributed by atoms with Crippen LogP contribution in [0.25, 0.3) is 5.69 Å². The molecule has 8 heteroatoms. The summed E-state index contributed by atoms with van der Waals surface area (Å²) in [6.45, 7) is 6.82. The molecule has 1 atom stereocenters. The van der Waals surface area contributed by atoms with Crippen molar-refractivity contribution in [3.8, 4) is 5.69 Å². The molecule has 0 N–H and O–H groups in total. The summed E-state index contributed by atoms with van der Waals surface area (Å²) in [6, 6.07) is 8.22. The fourth-order valence-corrected chi connectivity index (χ4v) is 3.80. The van der Waals surface area contributed by atoms with E-state index in [2.05, 4.69) is 34.2 Å². The quantitative estimate of drug-likeness (QED) is 0.566. The predicted molar refractivity (Wildman–Crippen MR) is 101 cm³/mol. The Kier molecular flexibility index (Phi) is 6.16. The Bertz CT molecular complexity index is 759. The van der Waals surface area contributed by atoms with Crippen LogP contribution in [0.3, 0.4) is 0 Å². The van der Waals surface area contributed by atoms with Gasteiger partial charge in [-0.3, -0.25) is 9.36 Å². The molecule has 2 aromatic rings. The van der Waals surface area contributed by atoms with Gasteiger partial charge in [0.25, 0.3) is 0 Å². The molecule has 0 radical (unpaired) electrons. The number of nitrogens with zero attached hydrogens (tertiary/aromatic N) is 4. The van der Waals surface area contributed by atoms with E-state index in [-0.39, 0.29) is 11.2 Å². The Balaban J connectivity index is 2.04. The van der Waals surface area contributed by atoms with Crippen molar-refractivity contribution in [2.75, 3.05) is 38.3 Å². The standard InChI is InChI=1S/C18H24N4O3S/c1-4-14-7-5-6-8-15(14)22-17(21-9-11-25-12-10-21)19-20-18(22)26-13(2)16(23)24-3/h5-8,13H,4,9-12H2,1-3H3/t13-/m1/s1. The minimum absolute atomic E-state index is 0.277. The number of para-hydroxylation sites is 1. The predicted octanol–water partition coefficient (Wildman–Crippen LogP) is 2.32. The van der Waals surface area contributed by atoms with Gasteiger partial charge in [0.15, 0.2) is 5.16 Å². The van der Waals surface area contributed by atoms with Gasteiger partial charge >= 0.3 is 5.97 Å². The van der Waals surface area contributed by atoms with E-state index in [4.69, 9.17) is 9.47 Å². The van der Waals surface area contributed by atoms with Crippen LogP contribution in [0, 0.1) is 0 Å². The zero-order valence-corrected chi connectivity index (χ0v) is 16.2. The van der Waals surface area contributed by atoms with Crippen molar-refractivity contribution in [1.29, 1.82) is 0 Å². The summed E-state index contributed by atoms with van der Waals surface area (Å²) in [5, 5.41) is 9.14. The lowest BCUT2D eigenvalue weighted by molar-refractivity contribution is -0.139. The minimum atomic E-state index is -0.366. The lowest BCUT2D eigenvalue weighted by Crippen LogP contribution is -2.38. The van der Waals surface area contributed by atoms with Crippen LogP contribution in [0.2, 0.25) is 0 Å². The van der Waals surface area contributed by atoms with Crippen molar-refractivity contribution in [3.63, 3.8) is 0 Å². The smallest absolute Gasteiger partial charge is 0.318 e. The van der Waals surface area contributed by atoms with E-state index in [0.717, 1.165) is 31.1 Å². The van der Waals surface area contributed by atoms with Crippen LogP contribution in [-0.4, -0.2) is 59.4 Å². The zero-order chi connectivity index (χ0) is 18.5. The van der Waals surface area contributed by atoms with Gasteiger partial charge in [0.05, 0.1) is 26.0 Å². The Labute approximate surface area is 157 Å². The molecule has 0 spiro atoms. The largest absolute Gasteiger partial charge is 0.468 e. The van der Waals surface area contributed by atoms with Gasteiger partial charge in [0, 0.05) is 13.1 Å². The van der Waals surface area contributed by atoms with Crippen LogP contribution in [0.1, 0.15) is 19.4 Å². The molecule has 0 aliphatic carbocycles. The number of anilines is 1. The van der Waals surface area contributed by atoms with E-state index in [1.54, 1.807) is 0 Å². The summed E-state index contributed by atoms with van der Waals surface area (Å²) in [4.78, 5) is 14.0. The van der Waals surface area contributed by atoms with E-state index in [0.29, 0.717) is 18.4 Å². The lowest BCUT2D eigenvalue weighted by Gasteiger charge is -2.28. The maximum atomic E-state index is 11.9. The van der Waals surface area contributed by atoms with Crippen LogP contribution in [0.4, 0.5) is 5.95 Å². The molecular weight excluding hydrogens is 352 g/mol. The second-order valence-electron chi connectivity index (χ2n) is 5.98. The van der Waals surface area contributed by atoms with Crippen molar-refractivity contribution in [2.45, 2.75) is 30.7 Å². The van der Waals surface area contributed by atoms with Crippen LogP contribution in [0.15, 0.2) is 29.4 Å². The van der Waals surface area contributed by atoms with E-state index in [1.165, 1.54) is 24.4 Å². The van der Waals surface area contributed by atoms with Crippen molar-refractivity contribution in [3.05, 3.63) is 29.8 Å². The average Bonchev–Trinajstić information content (AvgIpc) is 3.11. The first-order valence-electron chi connectivity index (χ1n) is 8.76. The SMILES string of the molecule is CCc1ccccc1-n1c(S[C@H](C)C(=O)OC)nnc1N1CCOCC1. The highest BCUT2D eigenvalue weighted by molar-refractivity contribution is 8.00. The molecule has 0 bridgehead atoms. The van der Waals surface area contributed by atoms with Crippen LogP contribution in [0.5, 0.6) is 0 Å². The van der Waals surface area contributed by atoms with Crippen molar-refractivity contribution < 1.29 is 14.3 Å². The second kappa shape index (κ2) is 8.55. The number of ether oxygens (including phenoxy) is 2. The van der Waals surface area contributed by atoms with E-state index >= 15 is 0 Å². The number of aromatic nitrogens is 3. The number of hydrogen-bond acceptors (Lipinski definition) is 7. The highest BCUT2D eigenvalue weighted by Crippen LogP contribution is 2.31. The first-order valence-corrected chi connectivity index (χ1v) is 9.64. The molecule has 1 fully saturated rings. The Morgan fingerprint density at radius 2 is 2.04 bits per heavy atom. The summed E-state index contributed by atoms with van der Waals surface area (Å²) >= 11 is 1.36. The molecule has 1 aromatic heterocycles. The molecule has 1 aliphatic rings. The van der Waals surface area contributed by atoms with Gasteiger partial charge in [0.2, 0.25) is 5.95 Å². The highest BCUT2D eigenvalue weighted by atomic mass is 32.2. The van der Waals surface area contributed by atoms with Gasteiger partial charge in [-0.1, -0.05) is 36.9 Å². The van der Waals surface area contributed by atoms with Crippen molar-refractivity contribution in [2.24, 2.45) is 0 Å². The van der Waals surface area contributed by atoms with E-state index < -0.39 is 0 Å². The van der Waals surface area contributed by atoms with Crippen molar-refractivity contribution >= 4 is 23.7 Å². The maximum Gasteiger partial charge on any atom is 0.318 e. The first-order chi connectivity index (χ1) is 12.7. The summed E-state index contributed by atoms with van der Waals surface area (Å²) < 4.78 is 12.4. The number of methoxy groups -OCH3 is 1. The van der Waals surface area contributed by atoms with E-state index in [1.807, 2.05) is 23.6 Å². The topological polar surface area (TPSA) is 69.5 Å². The number of esters is 1. The molecule has 0 amide bonds. The normalized spacial score (nSPS) is 15.7. The molecule has 26 heavy (non-hydrogen) atoms. The maximum absolute atomic E-state index is 11.9. The number of thioether (sulfide) groups is 1. The Morgan fingerprint density at radius 3 is 2.73 bits per heavy atom. The summed E-state index contributed by atoms with van der Waals surface area (Å²) in [7, 11) is 1.40. The summed E-state index contributed by atoms with van der Waals surface area (Å²) in [5.74, 6) is 0.509. The molecule has 2 heterocycles. The molecule has 7 nitrogen and oxygen atoms in total. The minimum Gasteiger partial charge on any atom is -0.468 e. The van der Waals surface area contributed by atoms with E-state index in [9.17, 15) is 4.79 Å². The summed E-state index contributed by atoms with van der Waals surface area (Å²) in [6.07, 6.45) is 0.896. The first kappa shape index (κ1) is 18.7. The Hall–Kier alpha value is -2.06. The molecule has 140 valence electrons. The lowest BCUT2D eigenvalue weighted by atomic mass is 10.1. The molecule has 1 aliphatic heterocycles. The number of aryl methyl sites for hydroxylation is 1. The third-order valence-electron chi connectivity index (χ3n) is 4.34. The van der Waals surface area contributed by atoms with Gasteiger partial charge in [-0.25, -0.2) is 0 Å². The van der Waals surface area contributed by atoms with Crippen LogP contribution < -0.4 is 4.90 Å². The molecule has 1 saturated heterocycles. The highest BCUT2D eigenvalue weighted by Gasteiger charge is 2.25. The number of morpholine rings is 1. The van der Waals surface area contributed by atoms with Crippen LogP contribution in [-0.2, 0) is 20.7 Å². The van der Waals surface area contributed by atoms with Crippen molar-refractivity contribution in [1.82, 2.24) is 14.8 Å². The average molecular weight is 376 g/mol. The number of benzene rings is 1. The fraction of sp³-hybridized carbons (Fsp3) is 0.500. The van der Waals surface area contributed by atoms with Gasteiger partial charge < -0.3 is 14.4 Å². The van der Waals surface area contributed by atoms with Gasteiger partial charge in [-0.05, 0) is 25.0 Å². The molecule has 1 aromatic carbocycles. The zero-order valence-electron chi connectivity index (χ0n) is 15.3. The molecule has 0 saturated carbocycles. The number of carbonyl (C=O) groups is 1. The third-order valence-corrected chi connectivity index (χ3v) is 5.36.